The fraction of sp³-hybridized carbons (Fsp3) is 0.0769. The zero-order valence-electron chi connectivity index (χ0n) is 9.29. The summed E-state index contributed by atoms with van der Waals surface area (Å²) in [6.07, 6.45) is 0. The number of rotatable bonds is 3. The Hall–Kier alpha value is -1.65. The SMILES string of the molecule is NCc1cccc(F)c1Oc1ccc(F)c(Cl)c1. The second kappa shape index (κ2) is 5.33. The van der Waals surface area contributed by atoms with E-state index in [0.29, 0.717) is 5.56 Å². The third-order valence-electron chi connectivity index (χ3n) is 2.38. The highest BCUT2D eigenvalue weighted by Crippen LogP contribution is 2.30. The Morgan fingerprint density at radius 3 is 2.56 bits per heavy atom. The van der Waals surface area contributed by atoms with Crippen LogP contribution in [0.5, 0.6) is 11.5 Å². The molecule has 0 amide bonds. The molecule has 0 unspecified atom stereocenters. The van der Waals surface area contributed by atoms with Crippen molar-refractivity contribution < 1.29 is 13.5 Å². The van der Waals surface area contributed by atoms with Gasteiger partial charge < -0.3 is 10.5 Å². The predicted octanol–water partition coefficient (Wildman–Crippen LogP) is 3.87. The van der Waals surface area contributed by atoms with Crippen molar-refractivity contribution in [3.05, 3.63) is 58.6 Å². The van der Waals surface area contributed by atoms with Crippen molar-refractivity contribution in [3.63, 3.8) is 0 Å². The molecule has 0 heterocycles. The molecule has 2 nitrogen and oxygen atoms in total. The van der Waals surface area contributed by atoms with Gasteiger partial charge in [-0.05, 0) is 18.2 Å². The maximum atomic E-state index is 13.6. The standard InChI is InChI=1S/C13H10ClF2NO/c14-10-6-9(4-5-11(10)15)18-13-8(7-17)2-1-3-12(13)16/h1-6H,7,17H2. The van der Waals surface area contributed by atoms with Crippen molar-refractivity contribution in [2.24, 2.45) is 5.73 Å². The topological polar surface area (TPSA) is 35.2 Å². The number of hydrogen-bond donors (Lipinski definition) is 1. The third kappa shape index (κ3) is 2.60. The monoisotopic (exact) mass is 269 g/mol. The van der Waals surface area contributed by atoms with Crippen LogP contribution in [0.25, 0.3) is 0 Å². The molecule has 18 heavy (non-hydrogen) atoms. The summed E-state index contributed by atoms with van der Waals surface area (Å²) in [6, 6.07) is 8.27. The van der Waals surface area contributed by atoms with Crippen molar-refractivity contribution in [3.8, 4) is 11.5 Å². The summed E-state index contributed by atoms with van der Waals surface area (Å²) in [4.78, 5) is 0. The average Bonchev–Trinajstić information content (AvgIpc) is 2.36. The molecule has 0 aliphatic rings. The van der Waals surface area contributed by atoms with Crippen LogP contribution >= 0.6 is 11.6 Å². The summed E-state index contributed by atoms with van der Waals surface area (Å²) in [5, 5.41) is -0.0851. The molecule has 5 heteroatoms. The number of para-hydroxylation sites is 1. The summed E-state index contributed by atoms with van der Waals surface area (Å²) < 4.78 is 32.0. The number of benzene rings is 2. The number of ether oxygens (including phenoxy) is 1. The van der Waals surface area contributed by atoms with Gasteiger partial charge in [0.05, 0.1) is 5.02 Å². The van der Waals surface area contributed by atoms with Crippen LogP contribution in [0, 0.1) is 11.6 Å². The van der Waals surface area contributed by atoms with Gasteiger partial charge >= 0.3 is 0 Å². The summed E-state index contributed by atoms with van der Waals surface area (Å²) in [5.74, 6) is -0.807. The van der Waals surface area contributed by atoms with E-state index in [0.717, 1.165) is 6.07 Å². The van der Waals surface area contributed by atoms with Crippen molar-refractivity contribution in [2.45, 2.75) is 6.54 Å². The van der Waals surface area contributed by atoms with Gasteiger partial charge in [0.25, 0.3) is 0 Å². The molecule has 2 aromatic carbocycles. The zero-order chi connectivity index (χ0) is 13.1. The van der Waals surface area contributed by atoms with Gasteiger partial charge in [-0.2, -0.15) is 0 Å². The molecule has 0 aromatic heterocycles. The van der Waals surface area contributed by atoms with E-state index in [4.69, 9.17) is 22.1 Å². The first-order valence-electron chi connectivity index (χ1n) is 5.22. The first-order chi connectivity index (χ1) is 8.61. The summed E-state index contributed by atoms with van der Waals surface area (Å²) in [6.45, 7) is 0.141. The highest BCUT2D eigenvalue weighted by molar-refractivity contribution is 6.30. The van der Waals surface area contributed by atoms with E-state index in [2.05, 4.69) is 0 Å². The van der Waals surface area contributed by atoms with Crippen molar-refractivity contribution >= 4 is 11.6 Å². The van der Waals surface area contributed by atoms with Gasteiger partial charge in [0.2, 0.25) is 0 Å². The minimum absolute atomic E-state index is 0.0303. The largest absolute Gasteiger partial charge is 0.454 e. The molecule has 0 saturated heterocycles. The molecule has 0 fully saturated rings. The molecule has 0 radical (unpaired) electrons. The lowest BCUT2D eigenvalue weighted by atomic mass is 10.2. The fourth-order valence-electron chi connectivity index (χ4n) is 1.49. The highest BCUT2D eigenvalue weighted by Gasteiger charge is 2.11. The molecule has 2 aromatic rings. The molecule has 2 N–H and O–H groups in total. The van der Waals surface area contributed by atoms with Crippen LogP contribution in [0.3, 0.4) is 0 Å². The number of halogens is 3. The summed E-state index contributed by atoms with van der Waals surface area (Å²) >= 11 is 5.62. The Morgan fingerprint density at radius 2 is 1.89 bits per heavy atom. The van der Waals surface area contributed by atoms with E-state index < -0.39 is 11.6 Å². The molecular formula is C13H10ClF2NO. The first-order valence-corrected chi connectivity index (χ1v) is 5.60. The second-order valence-electron chi connectivity index (χ2n) is 3.61. The quantitative estimate of drug-likeness (QED) is 0.918. The maximum absolute atomic E-state index is 13.6. The van der Waals surface area contributed by atoms with Gasteiger partial charge in [0.1, 0.15) is 11.6 Å². The molecule has 94 valence electrons. The van der Waals surface area contributed by atoms with Crippen LogP contribution in [0.2, 0.25) is 5.02 Å². The van der Waals surface area contributed by atoms with Crippen molar-refractivity contribution in [1.29, 1.82) is 0 Å². The van der Waals surface area contributed by atoms with Crippen LogP contribution in [0.1, 0.15) is 5.56 Å². The molecular weight excluding hydrogens is 260 g/mol. The van der Waals surface area contributed by atoms with E-state index in [1.165, 1.54) is 18.2 Å². The van der Waals surface area contributed by atoms with Crippen LogP contribution in [0.15, 0.2) is 36.4 Å². The summed E-state index contributed by atoms with van der Waals surface area (Å²) in [5.41, 5.74) is 6.02. The van der Waals surface area contributed by atoms with Gasteiger partial charge in [0, 0.05) is 18.2 Å². The van der Waals surface area contributed by atoms with E-state index in [-0.39, 0.29) is 23.1 Å². The Morgan fingerprint density at radius 1 is 1.11 bits per heavy atom. The van der Waals surface area contributed by atoms with E-state index in [1.54, 1.807) is 12.1 Å². The van der Waals surface area contributed by atoms with E-state index >= 15 is 0 Å². The fourth-order valence-corrected chi connectivity index (χ4v) is 1.66. The van der Waals surface area contributed by atoms with Crippen molar-refractivity contribution in [1.82, 2.24) is 0 Å². The lowest BCUT2D eigenvalue weighted by Gasteiger charge is -2.11. The smallest absolute Gasteiger partial charge is 0.167 e. The van der Waals surface area contributed by atoms with Gasteiger partial charge in [0.15, 0.2) is 11.6 Å². The lowest BCUT2D eigenvalue weighted by Crippen LogP contribution is -2.01. The lowest BCUT2D eigenvalue weighted by molar-refractivity contribution is 0.435. The number of hydrogen-bond acceptors (Lipinski definition) is 2. The van der Waals surface area contributed by atoms with Crippen LogP contribution in [-0.2, 0) is 6.54 Å². The van der Waals surface area contributed by atoms with E-state index in [9.17, 15) is 8.78 Å². The molecule has 0 aliphatic heterocycles. The van der Waals surface area contributed by atoms with Gasteiger partial charge in [-0.15, -0.1) is 0 Å². The predicted molar refractivity (Wildman–Crippen MR) is 65.8 cm³/mol. The Kier molecular flexibility index (Phi) is 3.79. The molecule has 2 rings (SSSR count). The Balaban J connectivity index is 2.36. The van der Waals surface area contributed by atoms with Gasteiger partial charge in [-0.3, -0.25) is 0 Å². The highest BCUT2D eigenvalue weighted by atomic mass is 35.5. The Labute approximate surface area is 108 Å². The molecule has 0 aliphatic carbocycles. The van der Waals surface area contributed by atoms with Gasteiger partial charge in [-0.25, -0.2) is 8.78 Å². The third-order valence-corrected chi connectivity index (χ3v) is 2.67. The minimum Gasteiger partial charge on any atom is -0.454 e. The average molecular weight is 270 g/mol. The van der Waals surface area contributed by atoms with Crippen LogP contribution in [0.4, 0.5) is 8.78 Å². The Bertz CT molecular complexity index is 575. The minimum atomic E-state index is -0.559. The second-order valence-corrected chi connectivity index (χ2v) is 4.02. The van der Waals surface area contributed by atoms with Crippen molar-refractivity contribution in [2.75, 3.05) is 0 Å². The maximum Gasteiger partial charge on any atom is 0.167 e. The summed E-state index contributed by atoms with van der Waals surface area (Å²) in [7, 11) is 0. The molecule has 0 bridgehead atoms. The molecule has 0 spiro atoms. The number of nitrogens with two attached hydrogens (primary N) is 1. The van der Waals surface area contributed by atoms with Gasteiger partial charge in [-0.1, -0.05) is 23.7 Å². The normalized spacial score (nSPS) is 10.4. The molecule has 0 atom stereocenters. The van der Waals surface area contributed by atoms with Crippen LogP contribution in [-0.4, -0.2) is 0 Å². The first kappa shape index (κ1) is 12.8. The van der Waals surface area contributed by atoms with E-state index in [1.807, 2.05) is 0 Å². The zero-order valence-corrected chi connectivity index (χ0v) is 10.0. The van der Waals surface area contributed by atoms with Crippen LogP contribution < -0.4 is 10.5 Å². The molecule has 0 saturated carbocycles.